The third kappa shape index (κ3) is 2.31. The Morgan fingerprint density at radius 2 is 2.26 bits per heavy atom. The first-order valence-corrected chi connectivity index (χ1v) is 9.34. The zero-order chi connectivity index (χ0) is 15.4. The summed E-state index contributed by atoms with van der Waals surface area (Å²) in [4.78, 5) is 8.50. The molecule has 0 amide bonds. The van der Waals surface area contributed by atoms with Crippen LogP contribution in [0.25, 0.3) is 0 Å². The molecule has 5 nitrogen and oxygen atoms in total. The van der Waals surface area contributed by atoms with Crippen LogP contribution in [0, 0.1) is 12.8 Å². The second kappa shape index (κ2) is 5.05. The van der Waals surface area contributed by atoms with E-state index in [0.717, 1.165) is 13.1 Å². The van der Waals surface area contributed by atoms with Crippen LogP contribution in [0.5, 0.6) is 0 Å². The van der Waals surface area contributed by atoms with Gasteiger partial charge in [-0.2, -0.15) is 0 Å². The van der Waals surface area contributed by atoms with E-state index in [-0.39, 0.29) is 11.1 Å². The molecule has 0 aliphatic carbocycles. The Kier molecular flexibility index (Phi) is 3.07. The first-order chi connectivity index (χ1) is 11.2. The quantitative estimate of drug-likeness (QED) is 0.827. The molecule has 122 valence electrons. The van der Waals surface area contributed by atoms with Gasteiger partial charge in [0.1, 0.15) is 5.60 Å². The number of aliphatic imine (C=N–C) groups is 1. The average Bonchev–Trinajstić information content (AvgIpc) is 3.12. The number of nitrogens with zero attached hydrogens (tertiary/aromatic N) is 2. The summed E-state index contributed by atoms with van der Waals surface area (Å²) < 4.78 is 6.35. The molecule has 6 heteroatoms. The van der Waals surface area contributed by atoms with Crippen LogP contribution in [0.3, 0.4) is 0 Å². The predicted octanol–water partition coefficient (Wildman–Crippen LogP) is 2.24. The fourth-order valence-corrected chi connectivity index (χ4v) is 5.39. The third-order valence-corrected chi connectivity index (χ3v) is 6.60. The normalized spacial score (nSPS) is 37.3. The maximum Gasteiger partial charge on any atom is 0.287 e. The second-order valence-electron chi connectivity index (χ2n) is 7.12. The Hall–Kier alpha value is -1.40. The summed E-state index contributed by atoms with van der Waals surface area (Å²) in [6.45, 7) is 6.43. The Labute approximate surface area is 140 Å². The van der Waals surface area contributed by atoms with Gasteiger partial charge in [0, 0.05) is 17.4 Å². The van der Waals surface area contributed by atoms with Gasteiger partial charge in [0.05, 0.1) is 12.2 Å². The summed E-state index contributed by atoms with van der Waals surface area (Å²) in [6, 6.07) is 7.22. The Bertz CT molecular complexity index is 671. The third-order valence-electron chi connectivity index (χ3n) is 5.54. The molecule has 2 bridgehead atoms. The van der Waals surface area contributed by atoms with E-state index in [1.807, 2.05) is 0 Å². The van der Waals surface area contributed by atoms with Gasteiger partial charge in [0.2, 0.25) is 0 Å². The highest BCUT2D eigenvalue weighted by Crippen LogP contribution is 2.41. The first kappa shape index (κ1) is 14.0. The number of aryl methyl sites for hydroxylation is 1. The predicted molar refractivity (Wildman–Crippen MR) is 92.9 cm³/mol. The molecule has 0 aromatic heterocycles. The molecule has 1 aromatic carbocycles. The number of hydrogen-bond donors (Lipinski definition) is 2. The lowest BCUT2D eigenvalue weighted by Gasteiger charge is -2.50. The van der Waals surface area contributed by atoms with Gasteiger partial charge in [0.15, 0.2) is 5.50 Å². The Morgan fingerprint density at radius 3 is 3.04 bits per heavy atom. The van der Waals surface area contributed by atoms with Gasteiger partial charge in [-0.1, -0.05) is 17.8 Å². The van der Waals surface area contributed by atoms with E-state index in [0.29, 0.717) is 11.9 Å². The highest BCUT2D eigenvalue weighted by atomic mass is 32.2. The van der Waals surface area contributed by atoms with E-state index in [1.165, 1.54) is 42.1 Å². The molecule has 0 radical (unpaired) electrons. The van der Waals surface area contributed by atoms with Crippen LogP contribution < -0.4 is 10.6 Å². The maximum atomic E-state index is 6.35. The van der Waals surface area contributed by atoms with Crippen molar-refractivity contribution in [1.82, 2.24) is 10.2 Å². The van der Waals surface area contributed by atoms with E-state index < -0.39 is 0 Å². The highest BCUT2D eigenvalue weighted by molar-refractivity contribution is 8.00. The van der Waals surface area contributed by atoms with Crippen LogP contribution in [-0.4, -0.2) is 48.2 Å². The summed E-state index contributed by atoms with van der Waals surface area (Å²) in [7, 11) is 0. The lowest BCUT2D eigenvalue weighted by molar-refractivity contribution is -0.0846. The Balaban J connectivity index is 1.25. The molecule has 5 aliphatic rings. The lowest BCUT2D eigenvalue weighted by Crippen LogP contribution is -2.61. The fraction of sp³-hybridized carbons (Fsp3) is 0.588. The fourth-order valence-electron chi connectivity index (χ4n) is 4.28. The number of thioether (sulfide) groups is 1. The molecule has 5 aliphatic heterocycles. The smallest absolute Gasteiger partial charge is 0.287 e. The summed E-state index contributed by atoms with van der Waals surface area (Å²) in [6.07, 6.45) is 2.51. The number of fused-ring (bicyclic) bond motifs is 3. The molecule has 6 rings (SSSR count). The van der Waals surface area contributed by atoms with E-state index in [1.54, 1.807) is 11.8 Å². The van der Waals surface area contributed by atoms with Crippen LogP contribution in [0.15, 0.2) is 28.1 Å². The van der Waals surface area contributed by atoms with Crippen LogP contribution in [-0.2, 0) is 4.74 Å². The highest BCUT2D eigenvalue weighted by Gasteiger charge is 2.51. The van der Waals surface area contributed by atoms with E-state index >= 15 is 0 Å². The van der Waals surface area contributed by atoms with Crippen molar-refractivity contribution in [2.75, 3.05) is 31.5 Å². The Morgan fingerprint density at radius 1 is 1.39 bits per heavy atom. The zero-order valence-electron chi connectivity index (χ0n) is 13.3. The van der Waals surface area contributed by atoms with Crippen LogP contribution >= 0.6 is 11.8 Å². The van der Waals surface area contributed by atoms with Crippen LogP contribution in [0.2, 0.25) is 0 Å². The van der Waals surface area contributed by atoms with Gasteiger partial charge in [-0.3, -0.25) is 4.90 Å². The molecule has 2 unspecified atom stereocenters. The second-order valence-corrected chi connectivity index (χ2v) is 8.27. The number of anilines is 1. The molecule has 3 fully saturated rings. The van der Waals surface area contributed by atoms with Crippen molar-refractivity contribution in [3.05, 3.63) is 23.8 Å². The summed E-state index contributed by atoms with van der Waals surface area (Å²) >= 11 is 1.79. The largest absolute Gasteiger partial charge is 0.455 e. The van der Waals surface area contributed by atoms with Gasteiger partial charge in [-0.15, -0.1) is 0 Å². The zero-order valence-corrected chi connectivity index (χ0v) is 14.2. The van der Waals surface area contributed by atoms with Crippen molar-refractivity contribution in [3.8, 4) is 0 Å². The van der Waals surface area contributed by atoms with Gasteiger partial charge in [-0.25, -0.2) is 4.99 Å². The van der Waals surface area contributed by atoms with Crippen LogP contribution in [0.4, 0.5) is 5.69 Å². The maximum absolute atomic E-state index is 6.35. The van der Waals surface area contributed by atoms with Gasteiger partial charge in [0.25, 0.3) is 6.02 Å². The minimum Gasteiger partial charge on any atom is -0.455 e. The van der Waals surface area contributed by atoms with Gasteiger partial charge in [-0.05, 0) is 50.6 Å². The lowest BCUT2D eigenvalue weighted by atomic mass is 9.75. The van der Waals surface area contributed by atoms with Crippen molar-refractivity contribution in [3.63, 3.8) is 0 Å². The molecule has 23 heavy (non-hydrogen) atoms. The van der Waals surface area contributed by atoms with Crippen molar-refractivity contribution in [2.24, 2.45) is 10.9 Å². The van der Waals surface area contributed by atoms with Crippen molar-refractivity contribution in [2.45, 2.75) is 35.8 Å². The molecule has 2 atom stereocenters. The minimum absolute atomic E-state index is 0.0639. The molecule has 0 saturated carbocycles. The molecule has 1 spiro atoms. The van der Waals surface area contributed by atoms with Crippen molar-refractivity contribution in [1.29, 1.82) is 0 Å². The number of benzene rings is 1. The summed E-state index contributed by atoms with van der Waals surface area (Å²) in [5.74, 6) is 0.666. The standard InChI is InChI=1S/C17H22N4OS/c1-11-2-3-13-14(8-11)23-16(19-13)20-15-18-9-17(22-15)10-21-6-4-12(17)5-7-21/h2-3,8,12,16,19H,4-7,9-10H2,1H3,(H,18,20). The molecular weight excluding hydrogens is 308 g/mol. The topological polar surface area (TPSA) is 48.9 Å². The monoisotopic (exact) mass is 330 g/mol. The molecule has 1 aromatic rings. The van der Waals surface area contributed by atoms with E-state index in [9.17, 15) is 0 Å². The number of ether oxygens (including phenoxy) is 1. The molecular formula is C17H22N4OS. The molecule has 2 N–H and O–H groups in total. The van der Waals surface area contributed by atoms with Gasteiger partial charge >= 0.3 is 0 Å². The van der Waals surface area contributed by atoms with E-state index in [2.05, 4.69) is 45.6 Å². The number of nitrogens with one attached hydrogen (secondary N) is 2. The number of rotatable bonds is 1. The molecule has 5 heterocycles. The minimum atomic E-state index is -0.0639. The van der Waals surface area contributed by atoms with Gasteiger partial charge < -0.3 is 15.4 Å². The summed E-state index contributed by atoms with van der Waals surface area (Å²) in [5.41, 5.74) is 2.52. The number of amidine groups is 1. The number of piperidine rings is 3. The summed E-state index contributed by atoms with van der Waals surface area (Å²) in [5, 5.41) is 6.93. The SMILES string of the molecule is Cc1ccc2c(c1)SC(NC1=NCC3(CN4CCC3CC4)O1)N2. The van der Waals surface area contributed by atoms with Crippen molar-refractivity contribution < 1.29 is 4.74 Å². The molecule has 3 saturated heterocycles. The average molecular weight is 330 g/mol. The van der Waals surface area contributed by atoms with Crippen molar-refractivity contribution >= 4 is 23.5 Å². The first-order valence-electron chi connectivity index (χ1n) is 8.46. The van der Waals surface area contributed by atoms with E-state index in [4.69, 9.17) is 4.74 Å². The van der Waals surface area contributed by atoms with Crippen LogP contribution in [0.1, 0.15) is 18.4 Å². The number of hydrogen-bond acceptors (Lipinski definition) is 6.